The van der Waals surface area contributed by atoms with E-state index in [1.165, 1.54) is 7.11 Å². The Labute approximate surface area is 113 Å². The molecule has 0 saturated heterocycles. The Kier molecular flexibility index (Phi) is 3.21. The van der Waals surface area contributed by atoms with Crippen molar-refractivity contribution in [2.75, 3.05) is 12.8 Å². The predicted molar refractivity (Wildman–Crippen MR) is 73.7 cm³/mol. The van der Waals surface area contributed by atoms with E-state index in [9.17, 15) is 5.11 Å². The number of methoxy groups -OCH3 is 1. The maximum absolute atomic E-state index is 10.2. The number of phenols is 1. The monoisotopic (exact) mass is 311 g/mol. The molecule has 0 fully saturated rings. The van der Waals surface area contributed by atoms with E-state index in [4.69, 9.17) is 10.5 Å². The van der Waals surface area contributed by atoms with Gasteiger partial charge < -0.3 is 15.6 Å². The van der Waals surface area contributed by atoms with Gasteiger partial charge in [-0.1, -0.05) is 15.9 Å². The molecule has 0 aliphatic heterocycles. The first kappa shape index (κ1) is 12.8. The molecule has 18 heavy (non-hydrogen) atoms. The van der Waals surface area contributed by atoms with Gasteiger partial charge in [0.2, 0.25) is 0 Å². The number of halogens is 1. The van der Waals surface area contributed by atoms with E-state index in [0.717, 1.165) is 10.0 Å². The number of hydrogen-bond acceptors (Lipinski definition) is 4. The third kappa shape index (κ3) is 1.92. The van der Waals surface area contributed by atoms with Crippen LogP contribution in [0.5, 0.6) is 11.5 Å². The molecule has 6 heteroatoms. The standard InChI is InChI=1S/C12H14BrN3O2/c1-6-7(13)4-9(18-3)12(17)11(6)8-5-10(14)16(2)15-8/h4-5,17H,14H2,1-3H3. The molecule has 1 aromatic carbocycles. The van der Waals surface area contributed by atoms with Crippen molar-refractivity contribution in [2.24, 2.45) is 7.05 Å². The fraction of sp³-hybridized carbons (Fsp3) is 0.250. The summed E-state index contributed by atoms with van der Waals surface area (Å²) in [5, 5.41) is 14.5. The molecule has 5 nitrogen and oxygen atoms in total. The van der Waals surface area contributed by atoms with Gasteiger partial charge in [0.05, 0.1) is 18.4 Å². The Hall–Kier alpha value is -1.69. The van der Waals surface area contributed by atoms with Crippen molar-refractivity contribution in [2.45, 2.75) is 6.92 Å². The minimum Gasteiger partial charge on any atom is -0.504 e. The van der Waals surface area contributed by atoms with E-state index in [0.29, 0.717) is 22.8 Å². The van der Waals surface area contributed by atoms with Gasteiger partial charge in [-0.05, 0) is 18.6 Å². The maximum atomic E-state index is 10.2. The van der Waals surface area contributed by atoms with Crippen LogP contribution in [0.25, 0.3) is 11.3 Å². The molecule has 1 heterocycles. The zero-order valence-electron chi connectivity index (χ0n) is 10.4. The maximum Gasteiger partial charge on any atom is 0.167 e. The van der Waals surface area contributed by atoms with Gasteiger partial charge in [0, 0.05) is 17.6 Å². The molecule has 3 N–H and O–H groups in total. The summed E-state index contributed by atoms with van der Waals surface area (Å²) in [5.41, 5.74) is 7.88. The molecule has 2 rings (SSSR count). The largest absolute Gasteiger partial charge is 0.504 e. The SMILES string of the molecule is COc1cc(Br)c(C)c(-c2cc(N)n(C)n2)c1O. The number of aryl methyl sites for hydroxylation is 1. The van der Waals surface area contributed by atoms with Crippen LogP contribution in [0.1, 0.15) is 5.56 Å². The molecule has 0 saturated carbocycles. The minimum absolute atomic E-state index is 0.0660. The number of rotatable bonds is 2. The van der Waals surface area contributed by atoms with Gasteiger partial charge >= 0.3 is 0 Å². The van der Waals surface area contributed by atoms with Gasteiger partial charge in [0.25, 0.3) is 0 Å². The summed E-state index contributed by atoms with van der Waals surface area (Å²) in [6.07, 6.45) is 0. The molecule has 2 aromatic rings. The minimum atomic E-state index is 0.0660. The van der Waals surface area contributed by atoms with Crippen LogP contribution in [-0.4, -0.2) is 22.0 Å². The number of aromatic hydroxyl groups is 1. The van der Waals surface area contributed by atoms with Gasteiger partial charge in [-0.3, -0.25) is 4.68 Å². The molecular formula is C12H14BrN3O2. The van der Waals surface area contributed by atoms with Crippen LogP contribution in [0.2, 0.25) is 0 Å². The van der Waals surface area contributed by atoms with Crippen LogP contribution >= 0.6 is 15.9 Å². The van der Waals surface area contributed by atoms with Gasteiger partial charge in [0.15, 0.2) is 11.5 Å². The third-order valence-electron chi connectivity index (χ3n) is 2.85. The highest BCUT2D eigenvalue weighted by Crippen LogP contribution is 2.42. The zero-order valence-corrected chi connectivity index (χ0v) is 11.9. The van der Waals surface area contributed by atoms with Crippen LogP contribution in [0, 0.1) is 6.92 Å². The molecular weight excluding hydrogens is 298 g/mol. The lowest BCUT2D eigenvalue weighted by Gasteiger charge is -2.12. The molecule has 0 amide bonds. The number of aromatic nitrogens is 2. The average Bonchev–Trinajstić information content (AvgIpc) is 2.64. The van der Waals surface area contributed by atoms with E-state index in [1.54, 1.807) is 23.9 Å². The fourth-order valence-corrected chi connectivity index (χ4v) is 2.19. The Morgan fingerprint density at radius 2 is 2.11 bits per heavy atom. The van der Waals surface area contributed by atoms with Crippen molar-refractivity contribution in [3.8, 4) is 22.8 Å². The van der Waals surface area contributed by atoms with Gasteiger partial charge in [-0.15, -0.1) is 0 Å². The van der Waals surface area contributed by atoms with E-state index in [-0.39, 0.29) is 5.75 Å². The summed E-state index contributed by atoms with van der Waals surface area (Å²) in [4.78, 5) is 0. The van der Waals surface area contributed by atoms with Gasteiger partial charge in [0.1, 0.15) is 5.82 Å². The van der Waals surface area contributed by atoms with Gasteiger partial charge in [-0.25, -0.2) is 0 Å². The van der Waals surface area contributed by atoms with Gasteiger partial charge in [-0.2, -0.15) is 5.10 Å². The molecule has 0 spiro atoms. The summed E-state index contributed by atoms with van der Waals surface area (Å²) >= 11 is 3.44. The van der Waals surface area contributed by atoms with Crippen LogP contribution < -0.4 is 10.5 Å². The second-order valence-electron chi connectivity index (χ2n) is 3.99. The first-order valence-electron chi connectivity index (χ1n) is 5.31. The van der Waals surface area contributed by atoms with Crippen LogP contribution in [-0.2, 0) is 7.05 Å². The fourth-order valence-electron chi connectivity index (χ4n) is 1.78. The highest BCUT2D eigenvalue weighted by molar-refractivity contribution is 9.10. The highest BCUT2D eigenvalue weighted by atomic mass is 79.9. The topological polar surface area (TPSA) is 73.3 Å². The molecule has 0 unspecified atom stereocenters. The summed E-state index contributed by atoms with van der Waals surface area (Å²) in [6.45, 7) is 1.89. The lowest BCUT2D eigenvalue weighted by atomic mass is 10.0. The molecule has 0 aliphatic rings. The molecule has 96 valence electrons. The summed E-state index contributed by atoms with van der Waals surface area (Å²) in [5.74, 6) is 0.991. The summed E-state index contributed by atoms with van der Waals surface area (Å²) in [7, 11) is 3.26. The normalized spacial score (nSPS) is 10.7. The number of hydrogen-bond donors (Lipinski definition) is 2. The number of ether oxygens (including phenoxy) is 1. The second-order valence-corrected chi connectivity index (χ2v) is 4.84. The number of nitrogens with two attached hydrogens (primary N) is 1. The molecule has 0 radical (unpaired) electrons. The molecule has 0 atom stereocenters. The van der Waals surface area contributed by atoms with E-state index in [2.05, 4.69) is 21.0 Å². The first-order valence-corrected chi connectivity index (χ1v) is 6.11. The Balaban J connectivity index is 2.73. The second kappa shape index (κ2) is 4.53. The highest BCUT2D eigenvalue weighted by Gasteiger charge is 2.18. The third-order valence-corrected chi connectivity index (χ3v) is 3.68. The lowest BCUT2D eigenvalue weighted by molar-refractivity contribution is 0.374. The van der Waals surface area contributed by atoms with Crippen molar-refractivity contribution in [3.63, 3.8) is 0 Å². The van der Waals surface area contributed by atoms with Crippen molar-refractivity contribution in [1.82, 2.24) is 9.78 Å². The van der Waals surface area contributed by atoms with Crippen molar-refractivity contribution in [1.29, 1.82) is 0 Å². The number of nitrogen functional groups attached to an aromatic ring is 1. The number of anilines is 1. The van der Waals surface area contributed by atoms with E-state index >= 15 is 0 Å². The Bertz CT molecular complexity index is 588. The van der Waals surface area contributed by atoms with Crippen LogP contribution in [0.4, 0.5) is 5.82 Å². The van der Waals surface area contributed by atoms with Crippen molar-refractivity contribution < 1.29 is 9.84 Å². The lowest BCUT2D eigenvalue weighted by Crippen LogP contribution is -1.97. The molecule has 0 bridgehead atoms. The van der Waals surface area contributed by atoms with Crippen molar-refractivity contribution >= 4 is 21.7 Å². The average molecular weight is 312 g/mol. The quantitative estimate of drug-likeness (QED) is 0.893. The van der Waals surface area contributed by atoms with E-state index in [1.807, 2.05) is 6.92 Å². The van der Waals surface area contributed by atoms with E-state index < -0.39 is 0 Å². The Morgan fingerprint density at radius 1 is 1.44 bits per heavy atom. The van der Waals surface area contributed by atoms with Crippen molar-refractivity contribution in [3.05, 3.63) is 22.2 Å². The van der Waals surface area contributed by atoms with Crippen LogP contribution in [0.15, 0.2) is 16.6 Å². The van der Waals surface area contributed by atoms with Crippen LogP contribution in [0.3, 0.4) is 0 Å². The number of phenolic OH excluding ortho intramolecular Hbond substituents is 1. The summed E-state index contributed by atoms with van der Waals surface area (Å²) in [6, 6.07) is 3.44. The number of nitrogens with zero attached hydrogens (tertiary/aromatic N) is 2. The smallest absolute Gasteiger partial charge is 0.167 e. The molecule has 0 aliphatic carbocycles. The first-order chi connectivity index (χ1) is 8.45. The number of benzene rings is 1. The predicted octanol–water partition coefficient (Wildman–Crippen LogP) is 2.45. The zero-order chi connectivity index (χ0) is 13.4. The Morgan fingerprint density at radius 3 is 2.61 bits per heavy atom. The molecule has 1 aromatic heterocycles. The summed E-state index contributed by atoms with van der Waals surface area (Å²) < 4.78 is 7.54.